The minimum absolute atomic E-state index is 0.0619. The van der Waals surface area contributed by atoms with Gasteiger partial charge in [0.05, 0.1) is 12.3 Å². The number of allylic oxidation sites excluding steroid dienone is 4. The minimum Gasteiger partial charge on any atom is -0.513 e. The summed E-state index contributed by atoms with van der Waals surface area (Å²) in [5.74, 6) is 0.0886. The van der Waals surface area contributed by atoms with Gasteiger partial charge in [0.25, 0.3) is 5.91 Å². The normalized spacial score (nSPS) is 24.0. The molecule has 2 aliphatic heterocycles. The van der Waals surface area contributed by atoms with Crippen molar-refractivity contribution in [2.45, 2.75) is 66.6 Å². The third-order valence-electron chi connectivity index (χ3n) is 5.69. The van der Waals surface area contributed by atoms with Crippen LogP contribution in [0.3, 0.4) is 0 Å². The van der Waals surface area contributed by atoms with Crippen LogP contribution in [0.15, 0.2) is 35.1 Å². The molecule has 0 saturated carbocycles. The van der Waals surface area contributed by atoms with Crippen LogP contribution in [0.1, 0.15) is 54.4 Å². The van der Waals surface area contributed by atoms with Crippen molar-refractivity contribution in [2.24, 2.45) is 5.92 Å². The molecular weight excluding hydrogens is 382 g/mol. The van der Waals surface area contributed by atoms with Gasteiger partial charge in [-0.3, -0.25) is 14.4 Å². The van der Waals surface area contributed by atoms with E-state index in [1.54, 1.807) is 40.7 Å². The molecule has 0 aromatic rings. The molecule has 2 saturated heterocycles. The number of carbonyl (C=O) groups is 3. The van der Waals surface area contributed by atoms with Gasteiger partial charge in [-0.1, -0.05) is 31.9 Å². The van der Waals surface area contributed by atoms with E-state index >= 15 is 0 Å². The first-order chi connectivity index (χ1) is 14.1. The number of rotatable bonds is 6. The van der Waals surface area contributed by atoms with E-state index < -0.39 is 12.2 Å². The molecule has 0 aromatic heterocycles. The van der Waals surface area contributed by atoms with Crippen molar-refractivity contribution in [1.29, 1.82) is 0 Å². The van der Waals surface area contributed by atoms with Gasteiger partial charge in [-0.25, -0.2) is 0 Å². The largest absolute Gasteiger partial charge is 0.513 e. The van der Waals surface area contributed by atoms with Crippen molar-refractivity contribution < 1.29 is 19.5 Å². The highest BCUT2D eigenvalue weighted by molar-refractivity contribution is 5.98. The molecule has 7 nitrogen and oxygen atoms in total. The number of carbonyl (C=O) groups excluding carboxylic acids is 3. The second-order valence-electron chi connectivity index (χ2n) is 8.61. The topological polar surface area (TPSA) is 81.2 Å². The molecule has 2 fully saturated rings. The second kappa shape index (κ2) is 9.96. The lowest BCUT2D eigenvalue weighted by atomic mass is 10.0. The van der Waals surface area contributed by atoms with Crippen molar-refractivity contribution >= 4 is 17.7 Å². The molecule has 0 spiro atoms. The van der Waals surface area contributed by atoms with E-state index in [2.05, 4.69) is 13.8 Å². The number of piperazine rings is 1. The van der Waals surface area contributed by atoms with E-state index in [9.17, 15) is 19.5 Å². The van der Waals surface area contributed by atoms with Crippen LogP contribution >= 0.6 is 0 Å². The van der Waals surface area contributed by atoms with Gasteiger partial charge < -0.3 is 19.8 Å². The Kier molecular flexibility index (Phi) is 7.87. The fourth-order valence-electron chi connectivity index (χ4n) is 3.92. The summed E-state index contributed by atoms with van der Waals surface area (Å²) in [7, 11) is 0. The summed E-state index contributed by atoms with van der Waals surface area (Å²) < 4.78 is 0. The summed E-state index contributed by atoms with van der Waals surface area (Å²) in [6, 6.07) is -0.591. The zero-order chi connectivity index (χ0) is 22.6. The number of amides is 3. The minimum atomic E-state index is -0.591. The molecule has 0 aliphatic carbocycles. The Morgan fingerprint density at radius 1 is 1.23 bits per heavy atom. The summed E-state index contributed by atoms with van der Waals surface area (Å²) in [5.41, 5.74) is 1.39. The smallest absolute Gasteiger partial charge is 0.255 e. The predicted molar refractivity (Wildman–Crippen MR) is 116 cm³/mol. The van der Waals surface area contributed by atoms with Crippen LogP contribution in [0, 0.1) is 5.92 Å². The van der Waals surface area contributed by atoms with Crippen LogP contribution in [0.25, 0.3) is 0 Å². The Morgan fingerprint density at radius 3 is 2.47 bits per heavy atom. The standard InChI is InChI=1S/C23H35N3O4/c1-7-16(4)13-24-14-20-25(11-10-21(28)26(20)18(6)22(24)29)23(30)19(12-15(2)3)9-8-17(5)27/h8-9,12,16,18,20,27H,7,10-11,13-14H2,1-6H3/b17-8+,19-9+. The highest BCUT2D eigenvalue weighted by Crippen LogP contribution is 2.27. The van der Waals surface area contributed by atoms with Gasteiger partial charge in [0.2, 0.25) is 11.8 Å². The van der Waals surface area contributed by atoms with Gasteiger partial charge in [-0.2, -0.15) is 0 Å². The SMILES string of the molecule is CCC(C)CN1CC2N(C(=O)/C(C=C(C)C)=C/C=C(\C)O)CCC(=O)N2C(C)C1=O. The van der Waals surface area contributed by atoms with E-state index in [0.29, 0.717) is 31.1 Å². The van der Waals surface area contributed by atoms with E-state index in [4.69, 9.17) is 0 Å². The molecule has 3 atom stereocenters. The molecule has 0 bridgehead atoms. The molecule has 7 heteroatoms. The molecule has 2 rings (SSSR count). The summed E-state index contributed by atoms with van der Waals surface area (Å²) in [4.78, 5) is 44.0. The van der Waals surface area contributed by atoms with Gasteiger partial charge in [-0.05, 0) is 45.8 Å². The fourth-order valence-corrected chi connectivity index (χ4v) is 3.92. The lowest BCUT2D eigenvalue weighted by molar-refractivity contribution is -0.172. The van der Waals surface area contributed by atoms with Gasteiger partial charge >= 0.3 is 0 Å². The number of nitrogens with zero attached hydrogens (tertiary/aromatic N) is 3. The molecule has 30 heavy (non-hydrogen) atoms. The molecule has 0 radical (unpaired) electrons. The first-order valence-corrected chi connectivity index (χ1v) is 10.7. The first-order valence-electron chi connectivity index (χ1n) is 10.7. The molecule has 2 heterocycles. The number of fused-ring (bicyclic) bond motifs is 1. The summed E-state index contributed by atoms with van der Waals surface area (Å²) in [6.45, 7) is 12.5. The van der Waals surface area contributed by atoms with Crippen LogP contribution in [-0.4, -0.2) is 69.4 Å². The monoisotopic (exact) mass is 417 g/mol. The first kappa shape index (κ1) is 23.7. The van der Waals surface area contributed by atoms with Crippen LogP contribution in [-0.2, 0) is 14.4 Å². The van der Waals surface area contributed by atoms with E-state index in [-0.39, 0.29) is 29.9 Å². The van der Waals surface area contributed by atoms with Gasteiger partial charge in [-0.15, -0.1) is 0 Å². The molecule has 3 unspecified atom stereocenters. The quantitative estimate of drug-likeness (QED) is 0.409. The van der Waals surface area contributed by atoms with E-state index in [1.165, 1.54) is 6.08 Å². The van der Waals surface area contributed by atoms with E-state index in [1.807, 2.05) is 13.8 Å². The van der Waals surface area contributed by atoms with Gasteiger partial charge in [0, 0.05) is 25.1 Å². The maximum absolute atomic E-state index is 13.4. The predicted octanol–water partition coefficient (Wildman–Crippen LogP) is 3.00. The highest BCUT2D eigenvalue weighted by atomic mass is 16.3. The Morgan fingerprint density at radius 2 is 1.90 bits per heavy atom. The van der Waals surface area contributed by atoms with Crippen LogP contribution in [0.2, 0.25) is 0 Å². The number of hydrogen-bond donors (Lipinski definition) is 1. The zero-order valence-electron chi connectivity index (χ0n) is 19.0. The third-order valence-corrected chi connectivity index (χ3v) is 5.69. The summed E-state index contributed by atoms with van der Waals surface area (Å²) in [6.07, 6.45) is 5.53. The molecule has 2 aliphatic rings. The number of aliphatic hydroxyl groups is 1. The Balaban J connectivity index is 2.39. The zero-order valence-corrected chi connectivity index (χ0v) is 19.0. The highest BCUT2D eigenvalue weighted by Gasteiger charge is 2.47. The average Bonchev–Trinajstić information content (AvgIpc) is 2.68. The van der Waals surface area contributed by atoms with Crippen molar-refractivity contribution in [2.75, 3.05) is 19.6 Å². The van der Waals surface area contributed by atoms with Gasteiger partial charge in [0.15, 0.2) is 0 Å². The van der Waals surface area contributed by atoms with E-state index in [0.717, 1.165) is 12.0 Å². The maximum Gasteiger partial charge on any atom is 0.255 e. The van der Waals surface area contributed by atoms with Crippen LogP contribution < -0.4 is 0 Å². The van der Waals surface area contributed by atoms with Crippen molar-refractivity contribution in [3.05, 3.63) is 35.1 Å². The molecular formula is C23H35N3O4. The Bertz CT molecular complexity index is 775. The summed E-state index contributed by atoms with van der Waals surface area (Å²) >= 11 is 0. The number of aliphatic hydroxyl groups excluding tert-OH is 1. The number of hydrogen-bond acceptors (Lipinski definition) is 4. The molecule has 166 valence electrons. The van der Waals surface area contributed by atoms with Crippen molar-refractivity contribution in [1.82, 2.24) is 14.7 Å². The Labute approximate surface area is 179 Å². The lowest BCUT2D eigenvalue weighted by Gasteiger charge is -2.52. The molecule has 0 aromatic carbocycles. The average molecular weight is 418 g/mol. The second-order valence-corrected chi connectivity index (χ2v) is 8.61. The molecule has 3 amide bonds. The third kappa shape index (κ3) is 5.32. The van der Waals surface area contributed by atoms with Crippen molar-refractivity contribution in [3.8, 4) is 0 Å². The summed E-state index contributed by atoms with van der Waals surface area (Å²) in [5, 5.41) is 9.53. The van der Waals surface area contributed by atoms with Gasteiger partial charge in [0.1, 0.15) is 12.2 Å². The van der Waals surface area contributed by atoms with Crippen molar-refractivity contribution in [3.63, 3.8) is 0 Å². The maximum atomic E-state index is 13.4. The lowest BCUT2D eigenvalue weighted by Crippen LogP contribution is -2.71. The molecule has 1 N–H and O–H groups in total. The Hall–Kier alpha value is -2.57. The van der Waals surface area contributed by atoms with Crippen LogP contribution in [0.5, 0.6) is 0 Å². The van der Waals surface area contributed by atoms with Crippen LogP contribution in [0.4, 0.5) is 0 Å². The fraction of sp³-hybridized carbons (Fsp3) is 0.609.